The Balaban J connectivity index is 1.96. The molecule has 18 heavy (non-hydrogen) atoms. The standard InChI is InChI=1S/C15H27NO2/c1-3-8-18-15-10-13-7-5-4-6-12(13)9-14(15)16-11(2)17/h12-15H,3-10H2,1-2H3,(H,16,17). The third-order valence-electron chi connectivity index (χ3n) is 4.53. The molecule has 4 unspecified atom stereocenters. The quantitative estimate of drug-likeness (QED) is 0.836. The van der Waals surface area contributed by atoms with E-state index in [2.05, 4.69) is 12.2 Å². The molecular weight excluding hydrogens is 226 g/mol. The number of amides is 1. The number of carbonyl (C=O) groups is 1. The predicted octanol–water partition coefficient (Wildman–Crippen LogP) is 2.89. The molecule has 1 N–H and O–H groups in total. The van der Waals surface area contributed by atoms with Crippen LogP contribution in [0, 0.1) is 11.8 Å². The molecule has 2 aliphatic carbocycles. The van der Waals surface area contributed by atoms with Gasteiger partial charge in [0, 0.05) is 13.5 Å². The van der Waals surface area contributed by atoms with E-state index in [9.17, 15) is 4.79 Å². The summed E-state index contributed by atoms with van der Waals surface area (Å²) < 4.78 is 5.98. The van der Waals surface area contributed by atoms with E-state index in [0.717, 1.165) is 37.7 Å². The zero-order chi connectivity index (χ0) is 13.0. The molecular formula is C15H27NO2. The van der Waals surface area contributed by atoms with Crippen molar-refractivity contribution in [2.45, 2.75) is 70.9 Å². The summed E-state index contributed by atoms with van der Waals surface area (Å²) in [6, 6.07) is 0.244. The molecule has 3 heteroatoms. The van der Waals surface area contributed by atoms with Gasteiger partial charge in [-0.3, -0.25) is 4.79 Å². The van der Waals surface area contributed by atoms with E-state index in [1.807, 2.05) is 0 Å². The van der Waals surface area contributed by atoms with E-state index < -0.39 is 0 Å². The van der Waals surface area contributed by atoms with Crippen molar-refractivity contribution in [1.82, 2.24) is 5.32 Å². The lowest BCUT2D eigenvalue weighted by Crippen LogP contribution is -2.50. The van der Waals surface area contributed by atoms with Crippen molar-refractivity contribution >= 4 is 5.91 Å². The Morgan fingerprint density at radius 2 is 1.89 bits per heavy atom. The van der Waals surface area contributed by atoms with Crippen molar-refractivity contribution in [3.8, 4) is 0 Å². The largest absolute Gasteiger partial charge is 0.376 e. The molecule has 0 saturated heterocycles. The minimum atomic E-state index is 0.0827. The molecule has 0 aromatic heterocycles. The Morgan fingerprint density at radius 1 is 1.22 bits per heavy atom. The molecule has 2 saturated carbocycles. The SMILES string of the molecule is CCCOC1CC2CCCCC2CC1NC(C)=O. The number of ether oxygens (including phenoxy) is 1. The second-order valence-electron chi connectivity index (χ2n) is 5.99. The van der Waals surface area contributed by atoms with Crippen molar-refractivity contribution in [2.75, 3.05) is 6.61 Å². The number of carbonyl (C=O) groups excluding carboxylic acids is 1. The molecule has 0 spiro atoms. The fraction of sp³-hybridized carbons (Fsp3) is 0.933. The summed E-state index contributed by atoms with van der Waals surface area (Å²) in [5.74, 6) is 1.74. The predicted molar refractivity (Wildman–Crippen MR) is 72.3 cm³/mol. The van der Waals surface area contributed by atoms with Gasteiger partial charge in [-0.1, -0.05) is 32.6 Å². The van der Waals surface area contributed by atoms with Crippen molar-refractivity contribution in [3.63, 3.8) is 0 Å². The molecule has 3 nitrogen and oxygen atoms in total. The van der Waals surface area contributed by atoms with Crippen LogP contribution in [0.1, 0.15) is 58.8 Å². The summed E-state index contributed by atoms with van der Waals surface area (Å²) in [5.41, 5.74) is 0. The summed E-state index contributed by atoms with van der Waals surface area (Å²) in [7, 11) is 0. The van der Waals surface area contributed by atoms with Crippen LogP contribution in [-0.2, 0) is 9.53 Å². The van der Waals surface area contributed by atoms with E-state index in [1.165, 1.54) is 25.7 Å². The molecule has 1 amide bonds. The average molecular weight is 253 g/mol. The van der Waals surface area contributed by atoms with Crippen molar-refractivity contribution in [2.24, 2.45) is 11.8 Å². The summed E-state index contributed by atoms with van der Waals surface area (Å²) in [6.45, 7) is 4.57. The first-order chi connectivity index (χ1) is 8.70. The molecule has 4 atom stereocenters. The number of nitrogens with one attached hydrogen (secondary N) is 1. The minimum Gasteiger partial charge on any atom is -0.376 e. The highest BCUT2D eigenvalue weighted by Crippen LogP contribution is 2.41. The van der Waals surface area contributed by atoms with Crippen LogP contribution >= 0.6 is 0 Å². The van der Waals surface area contributed by atoms with Gasteiger partial charge in [-0.2, -0.15) is 0 Å². The molecule has 2 aliphatic rings. The summed E-state index contributed by atoms with van der Waals surface area (Å²) in [4.78, 5) is 11.3. The van der Waals surface area contributed by atoms with Gasteiger partial charge in [-0.25, -0.2) is 0 Å². The van der Waals surface area contributed by atoms with E-state index in [0.29, 0.717) is 0 Å². The first kappa shape index (κ1) is 13.9. The van der Waals surface area contributed by atoms with E-state index in [-0.39, 0.29) is 18.1 Å². The lowest BCUT2D eigenvalue weighted by atomic mass is 9.68. The number of rotatable bonds is 4. The summed E-state index contributed by atoms with van der Waals surface area (Å²) in [6.07, 6.45) is 9.03. The number of hydrogen-bond acceptors (Lipinski definition) is 2. The van der Waals surface area contributed by atoms with Gasteiger partial charge in [-0.15, -0.1) is 0 Å². The molecule has 2 rings (SSSR count). The maximum Gasteiger partial charge on any atom is 0.217 e. The second kappa shape index (κ2) is 6.55. The Bertz CT molecular complexity index is 280. The molecule has 0 aromatic rings. The van der Waals surface area contributed by atoms with Gasteiger partial charge in [0.2, 0.25) is 5.91 Å². The van der Waals surface area contributed by atoms with Crippen LogP contribution in [0.3, 0.4) is 0 Å². The maximum atomic E-state index is 11.3. The van der Waals surface area contributed by atoms with Crippen LogP contribution in [0.5, 0.6) is 0 Å². The zero-order valence-electron chi connectivity index (χ0n) is 11.8. The number of fused-ring (bicyclic) bond motifs is 1. The summed E-state index contributed by atoms with van der Waals surface area (Å²) >= 11 is 0. The molecule has 0 aromatic carbocycles. The van der Waals surface area contributed by atoms with Crippen LogP contribution in [0.4, 0.5) is 0 Å². The third kappa shape index (κ3) is 3.47. The monoisotopic (exact) mass is 253 g/mol. The first-order valence-electron chi connectivity index (χ1n) is 7.59. The second-order valence-corrected chi connectivity index (χ2v) is 5.99. The fourth-order valence-electron chi connectivity index (χ4n) is 3.71. The first-order valence-corrected chi connectivity index (χ1v) is 7.59. The van der Waals surface area contributed by atoms with Gasteiger partial charge in [0.05, 0.1) is 12.1 Å². The van der Waals surface area contributed by atoms with Crippen LogP contribution in [0.2, 0.25) is 0 Å². The fourth-order valence-corrected chi connectivity index (χ4v) is 3.71. The number of hydrogen-bond donors (Lipinski definition) is 1. The van der Waals surface area contributed by atoms with E-state index >= 15 is 0 Å². The van der Waals surface area contributed by atoms with Gasteiger partial charge in [0.25, 0.3) is 0 Å². The lowest BCUT2D eigenvalue weighted by molar-refractivity contribution is -0.122. The van der Waals surface area contributed by atoms with Crippen molar-refractivity contribution < 1.29 is 9.53 Å². The van der Waals surface area contributed by atoms with Crippen molar-refractivity contribution in [3.05, 3.63) is 0 Å². The average Bonchev–Trinajstić information content (AvgIpc) is 2.35. The Hall–Kier alpha value is -0.570. The molecule has 0 aliphatic heterocycles. The smallest absolute Gasteiger partial charge is 0.217 e. The zero-order valence-corrected chi connectivity index (χ0v) is 11.8. The highest BCUT2D eigenvalue weighted by atomic mass is 16.5. The third-order valence-corrected chi connectivity index (χ3v) is 4.53. The molecule has 0 radical (unpaired) electrons. The van der Waals surface area contributed by atoms with Crippen LogP contribution in [-0.4, -0.2) is 24.7 Å². The van der Waals surface area contributed by atoms with Gasteiger partial charge in [0.1, 0.15) is 0 Å². The highest BCUT2D eigenvalue weighted by molar-refractivity contribution is 5.73. The maximum absolute atomic E-state index is 11.3. The van der Waals surface area contributed by atoms with Gasteiger partial charge >= 0.3 is 0 Å². The van der Waals surface area contributed by atoms with Gasteiger partial charge < -0.3 is 10.1 Å². The molecule has 0 bridgehead atoms. The van der Waals surface area contributed by atoms with E-state index in [1.54, 1.807) is 6.92 Å². The van der Waals surface area contributed by atoms with Crippen LogP contribution < -0.4 is 5.32 Å². The van der Waals surface area contributed by atoms with Crippen LogP contribution in [0.15, 0.2) is 0 Å². The lowest BCUT2D eigenvalue weighted by Gasteiger charge is -2.43. The Labute approximate surface area is 111 Å². The van der Waals surface area contributed by atoms with E-state index in [4.69, 9.17) is 4.74 Å². The summed E-state index contributed by atoms with van der Waals surface area (Å²) in [5, 5.41) is 3.11. The van der Waals surface area contributed by atoms with Crippen LogP contribution in [0.25, 0.3) is 0 Å². The normalized spacial score (nSPS) is 35.9. The van der Waals surface area contributed by atoms with Gasteiger partial charge in [-0.05, 0) is 31.1 Å². The Morgan fingerprint density at radius 3 is 2.50 bits per heavy atom. The minimum absolute atomic E-state index is 0.0827. The topological polar surface area (TPSA) is 38.3 Å². The van der Waals surface area contributed by atoms with Gasteiger partial charge in [0.15, 0.2) is 0 Å². The highest BCUT2D eigenvalue weighted by Gasteiger charge is 2.38. The molecule has 104 valence electrons. The van der Waals surface area contributed by atoms with Crippen molar-refractivity contribution in [1.29, 1.82) is 0 Å². The molecule has 0 heterocycles. The molecule has 2 fully saturated rings. The Kier molecular flexibility index (Phi) is 5.04.